The van der Waals surface area contributed by atoms with Gasteiger partial charge in [-0.25, -0.2) is 0 Å². The second kappa shape index (κ2) is 5.41. The Balaban J connectivity index is 2.41. The molecule has 0 amide bonds. The first-order valence-corrected chi connectivity index (χ1v) is 6.25. The van der Waals surface area contributed by atoms with Gasteiger partial charge in [0.25, 0.3) is 0 Å². The van der Waals surface area contributed by atoms with Crippen LogP contribution >= 0.6 is 0 Å². The molecule has 0 radical (unpaired) electrons. The summed E-state index contributed by atoms with van der Waals surface area (Å²) in [5, 5.41) is 3.40. The van der Waals surface area contributed by atoms with E-state index in [1.165, 1.54) is 17.5 Å². The molecule has 1 fully saturated rings. The number of aryl methyl sites for hydroxylation is 1. The summed E-state index contributed by atoms with van der Waals surface area (Å²) in [6, 6.07) is 4.27. The second-order valence-electron chi connectivity index (χ2n) is 4.45. The number of ether oxygens (including phenoxy) is 2. The van der Waals surface area contributed by atoms with Gasteiger partial charge in [0.05, 0.1) is 14.2 Å². The van der Waals surface area contributed by atoms with Gasteiger partial charge in [-0.3, -0.25) is 0 Å². The molecule has 3 heteroatoms. The molecule has 94 valence electrons. The van der Waals surface area contributed by atoms with Crippen LogP contribution in [0.3, 0.4) is 0 Å². The molecule has 1 aromatic carbocycles. The maximum Gasteiger partial charge on any atom is 0.126 e. The largest absolute Gasteiger partial charge is 0.496 e. The van der Waals surface area contributed by atoms with Crippen LogP contribution in [0.5, 0.6) is 11.5 Å². The molecule has 0 saturated carbocycles. The van der Waals surface area contributed by atoms with Crippen LogP contribution in [0.4, 0.5) is 0 Å². The highest BCUT2D eigenvalue weighted by Gasteiger charge is 2.21. The van der Waals surface area contributed by atoms with E-state index in [2.05, 4.69) is 18.3 Å². The summed E-state index contributed by atoms with van der Waals surface area (Å²) in [4.78, 5) is 0. The Bertz CT molecular complexity index is 384. The fourth-order valence-electron chi connectivity index (χ4n) is 2.51. The molecule has 1 aliphatic heterocycles. The van der Waals surface area contributed by atoms with Crippen LogP contribution in [0.25, 0.3) is 0 Å². The van der Waals surface area contributed by atoms with E-state index in [0.717, 1.165) is 31.0 Å². The van der Waals surface area contributed by atoms with Gasteiger partial charge in [-0.1, -0.05) is 6.92 Å². The van der Waals surface area contributed by atoms with Crippen molar-refractivity contribution < 1.29 is 9.47 Å². The molecule has 1 saturated heterocycles. The first-order valence-electron chi connectivity index (χ1n) is 6.25. The van der Waals surface area contributed by atoms with Crippen LogP contribution in [0.2, 0.25) is 0 Å². The van der Waals surface area contributed by atoms with Crippen LogP contribution in [0.15, 0.2) is 12.1 Å². The molecular formula is C14H21NO2. The van der Waals surface area contributed by atoms with Crippen LogP contribution < -0.4 is 14.8 Å². The zero-order valence-corrected chi connectivity index (χ0v) is 10.9. The van der Waals surface area contributed by atoms with E-state index in [-0.39, 0.29) is 0 Å². The van der Waals surface area contributed by atoms with Gasteiger partial charge >= 0.3 is 0 Å². The number of rotatable bonds is 4. The molecule has 0 aliphatic carbocycles. The fraction of sp³-hybridized carbons (Fsp3) is 0.571. The molecule has 1 aromatic rings. The van der Waals surface area contributed by atoms with Crippen molar-refractivity contribution in [2.75, 3.05) is 27.3 Å². The first-order chi connectivity index (χ1) is 8.30. The van der Waals surface area contributed by atoms with Gasteiger partial charge in [-0.05, 0) is 36.6 Å². The average molecular weight is 235 g/mol. The lowest BCUT2D eigenvalue weighted by Gasteiger charge is -2.17. The van der Waals surface area contributed by atoms with Crippen LogP contribution in [-0.4, -0.2) is 27.3 Å². The van der Waals surface area contributed by atoms with E-state index >= 15 is 0 Å². The summed E-state index contributed by atoms with van der Waals surface area (Å²) in [7, 11) is 3.44. The summed E-state index contributed by atoms with van der Waals surface area (Å²) in [6.07, 6.45) is 2.17. The number of hydrogen-bond donors (Lipinski definition) is 1. The number of nitrogens with one attached hydrogen (secondary N) is 1. The standard InChI is InChI=1S/C14H21NO2/c1-4-10-7-12(11-5-6-15-9-11)14(17-3)8-13(10)16-2/h7-8,11,15H,4-6,9H2,1-3H3. The second-order valence-corrected chi connectivity index (χ2v) is 4.45. The van der Waals surface area contributed by atoms with Crippen molar-refractivity contribution >= 4 is 0 Å². The highest BCUT2D eigenvalue weighted by Crippen LogP contribution is 2.36. The number of hydrogen-bond acceptors (Lipinski definition) is 3. The maximum atomic E-state index is 5.49. The van der Waals surface area contributed by atoms with Gasteiger partial charge in [-0.2, -0.15) is 0 Å². The lowest BCUT2D eigenvalue weighted by molar-refractivity contribution is 0.386. The molecule has 1 unspecified atom stereocenters. The molecule has 2 rings (SSSR count). The molecule has 1 aliphatic rings. The van der Waals surface area contributed by atoms with Gasteiger partial charge in [0.2, 0.25) is 0 Å². The molecule has 17 heavy (non-hydrogen) atoms. The SMILES string of the molecule is CCc1cc(C2CCNC2)c(OC)cc1OC. The van der Waals surface area contributed by atoms with Gasteiger partial charge in [0.15, 0.2) is 0 Å². The molecule has 1 atom stereocenters. The topological polar surface area (TPSA) is 30.5 Å². The minimum atomic E-state index is 0.571. The number of benzene rings is 1. The summed E-state index contributed by atoms with van der Waals surface area (Å²) in [5.74, 6) is 2.45. The van der Waals surface area contributed by atoms with Crippen molar-refractivity contribution in [3.8, 4) is 11.5 Å². The van der Waals surface area contributed by atoms with E-state index in [9.17, 15) is 0 Å². The van der Waals surface area contributed by atoms with E-state index in [0.29, 0.717) is 5.92 Å². The first kappa shape index (κ1) is 12.2. The van der Waals surface area contributed by atoms with Gasteiger partial charge in [0, 0.05) is 18.5 Å². The predicted molar refractivity (Wildman–Crippen MR) is 69.2 cm³/mol. The minimum Gasteiger partial charge on any atom is -0.496 e. The lowest BCUT2D eigenvalue weighted by Crippen LogP contribution is -2.09. The summed E-state index contributed by atoms with van der Waals surface area (Å²) < 4.78 is 10.9. The van der Waals surface area contributed by atoms with Crippen LogP contribution in [0, 0.1) is 0 Å². The van der Waals surface area contributed by atoms with Gasteiger partial charge < -0.3 is 14.8 Å². The quantitative estimate of drug-likeness (QED) is 0.869. The third kappa shape index (κ3) is 2.39. The Hall–Kier alpha value is -1.22. The molecule has 1 N–H and O–H groups in total. The van der Waals surface area contributed by atoms with E-state index < -0.39 is 0 Å². The Kier molecular flexibility index (Phi) is 3.89. The Labute approximate surface area is 103 Å². The Morgan fingerprint density at radius 2 is 2.00 bits per heavy atom. The van der Waals surface area contributed by atoms with Crippen molar-refractivity contribution in [2.24, 2.45) is 0 Å². The fourth-order valence-corrected chi connectivity index (χ4v) is 2.51. The van der Waals surface area contributed by atoms with Crippen LogP contribution in [-0.2, 0) is 6.42 Å². The highest BCUT2D eigenvalue weighted by molar-refractivity contribution is 5.48. The molecular weight excluding hydrogens is 214 g/mol. The van der Waals surface area contributed by atoms with Gasteiger partial charge in [0.1, 0.15) is 11.5 Å². The lowest BCUT2D eigenvalue weighted by atomic mass is 9.94. The molecule has 0 bridgehead atoms. The van der Waals surface area contributed by atoms with Gasteiger partial charge in [-0.15, -0.1) is 0 Å². The molecule has 0 aromatic heterocycles. The maximum absolute atomic E-state index is 5.49. The zero-order valence-electron chi connectivity index (χ0n) is 10.9. The molecule has 3 nitrogen and oxygen atoms in total. The average Bonchev–Trinajstić information content (AvgIpc) is 2.90. The molecule has 1 heterocycles. The Morgan fingerprint density at radius 1 is 1.24 bits per heavy atom. The third-order valence-corrected chi connectivity index (χ3v) is 3.51. The van der Waals surface area contributed by atoms with Crippen molar-refractivity contribution in [2.45, 2.75) is 25.7 Å². The summed E-state index contributed by atoms with van der Waals surface area (Å²) in [5.41, 5.74) is 2.57. The van der Waals surface area contributed by atoms with E-state index in [4.69, 9.17) is 9.47 Å². The minimum absolute atomic E-state index is 0.571. The number of methoxy groups -OCH3 is 2. The normalized spacial score (nSPS) is 19.4. The summed E-state index contributed by atoms with van der Waals surface area (Å²) in [6.45, 7) is 4.30. The molecule has 0 spiro atoms. The predicted octanol–water partition coefficient (Wildman–Crippen LogP) is 2.34. The zero-order chi connectivity index (χ0) is 12.3. The monoisotopic (exact) mass is 235 g/mol. The van der Waals surface area contributed by atoms with E-state index in [1.54, 1.807) is 14.2 Å². The van der Waals surface area contributed by atoms with Crippen LogP contribution in [0.1, 0.15) is 30.4 Å². The van der Waals surface area contributed by atoms with Crippen molar-refractivity contribution in [3.63, 3.8) is 0 Å². The van der Waals surface area contributed by atoms with Crippen molar-refractivity contribution in [1.29, 1.82) is 0 Å². The summed E-state index contributed by atoms with van der Waals surface area (Å²) >= 11 is 0. The van der Waals surface area contributed by atoms with Crippen molar-refractivity contribution in [3.05, 3.63) is 23.3 Å². The van der Waals surface area contributed by atoms with Crippen molar-refractivity contribution in [1.82, 2.24) is 5.32 Å². The Morgan fingerprint density at radius 3 is 2.53 bits per heavy atom. The smallest absolute Gasteiger partial charge is 0.126 e. The van der Waals surface area contributed by atoms with E-state index in [1.807, 2.05) is 6.07 Å². The third-order valence-electron chi connectivity index (χ3n) is 3.51. The highest BCUT2D eigenvalue weighted by atomic mass is 16.5.